The molecule has 1 aliphatic rings. The van der Waals surface area contributed by atoms with Crippen LogP contribution in [0.1, 0.15) is 31.0 Å². The lowest BCUT2D eigenvalue weighted by Gasteiger charge is -2.24. The van der Waals surface area contributed by atoms with E-state index in [1.165, 1.54) is 30.3 Å². The number of nitrogens with zero attached hydrogens (tertiary/aromatic N) is 2. The number of hydrogen-bond donors (Lipinski definition) is 1. The molecule has 0 spiro atoms. The number of aromatic nitrogens is 2. The molecule has 3 heterocycles. The fourth-order valence-electron chi connectivity index (χ4n) is 2.62. The van der Waals surface area contributed by atoms with Crippen LogP contribution in [0.3, 0.4) is 0 Å². The lowest BCUT2D eigenvalue weighted by atomic mass is 10.0. The van der Waals surface area contributed by atoms with Crippen LogP contribution in [-0.4, -0.2) is 16.1 Å². The van der Waals surface area contributed by atoms with E-state index in [9.17, 15) is 0 Å². The summed E-state index contributed by atoms with van der Waals surface area (Å²) in [6, 6.07) is 6.91. The fraction of sp³-hybridized carbons (Fsp3) is 0.462. The van der Waals surface area contributed by atoms with Crippen molar-refractivity contribution >= 4 is 35.8 Å². The SMILES string of the molecule is Cl.Cl.Cn1c(C2CCCCN2)cc2cccnc21. The smallest absolute Gasteiger partial charge is 0.139 e. The monoisotopic (exact) mass is 287 g/mol. The van der Waals surface area contributed by atoms with Crippen molar-refractivity contribution in [1.82, 2.24) is 14.9 Å². The molecule has 0 radical (unpaired) electrons. The summed E-state index contributed by atoms with van der Waals surface area (Å²) in [4.78, 5) is 4.43. The third kappa shape index (κ3) is 2.63. The molecule has 0 amide bonds. The van der Waals surface area contributed by atoms with E-state index >= 15 is 0 Å². The first-order valence-electron chi connectivity index (χ1n) is 6.00. The molecule has 1 atom stereocenters. The van der Waals surface area contributed by atoms with E-state index in [0.717, 1.165) is 12.2 Å². The molecule has 18 heavy (non-hydrogen) atoms. The number of rotatable bonds is 1. The van der Waals surface area contributed by atoms with Gasteiger partial charge in [0.25, 0.3) is 0 Å². The highest BCUT2D eigenvalue weighted by molar-refractivity contribution is 5.85. The summed E-state index contributed by atoms with van der Waals surface area (Å²) in [6.07, 6.45) is 5.73. The zero-order valence-electron chi connectivity index (χ0n) is 10.4. The van der Waals surface area contributed by atoms with Crippen LogP contribution in [-0.2, 0) is 7.05 Å². The minimum Gasteiger partial charge on any atom is -0.331 e. The van der Waals surface area contributed by atoms with E-state index in [4.69, 9.17) is 0 Å². The van der Waals surface area contributed by atoms with Gasteiger partial charge in [-0.1, -0.05) is 6.42 Å². The van der Waals surface area contributed by atoms with E-state index < -0.39 is 0 Å². The minimum absolute atomic E-state index is 0. The third-order valence-electron chi connectivity index (χ3n) is 3.49. The second-order valence-corrected chi connectivity index (χ2v) is 4.55. The molecule has 1 N–H and O–H groups in total. The number of halogens is 2. The van der Waals surface area contributed by atoms with Crippen LogP contribution >= 0.6 is 24.8 Å². The first kappa shape index (κ1) is 15.3. The standard InChI is InChI=1S/C13H17N3.2ClH/c1-16-12(11-6-2-3-7-14-11)9-10-5-4-8-15-13(10)16;;/h4-5,8-9,11,14H,2-3,6-7H2,1H3;2*1H. The molecular weight excluding hydrogens is 269 g/mol. The lowest BCUT2D eigenvalue weighted by molar-refractivity contribution is 0.399. The van der Waals surface area contributed by atoms with Gasteiger partial charge in [-0.15, -0.1) is 24.8 Å². The number of hydrogen-bond acceptors (Lipinski definition) is 2. The van der Waals surface area contributed by atoms with E-state index in [2.05, 4.69) is 34.0 Å². The highest BCUT2D eigenvalue weighted by Gasteiger charge is 2.18. The molecule has 0 aliphatic carbocycles. The number of fused-ring (bicyclic) bond motifs is 1. The zero-order chi connectivity index (χ0) is 11.0. The Labute approximate surface area is 120 Å². The van der Waals surface area contributed by atoms with Crippen molar-refractivity contribution < 1.29 is 0 Å². The van der Waals surface area contributed by atoms with Gasteiger partial charge in [-0.25, -0.2) is 4.98 Å². The Bertz CT molecular complexity index is 504. The summed E-state index contributed by atoms with van der Waals surface area (Å²) in [5, 5.41) is 4.83. The summed E-state index contributed by atoms with van der Waals surface area (Å²) in [5.41, 5.74) is 2.46. The number of piperidine rings is 1. The van der Waals surface area contributed by atoms with Gasteiger partial charge >= 0.3 is 0 Å². The second kappa shape index (κ2) is 6.41. The minimum atomic E-state index is 0. The maximum absolute atomic E-state index is 4.43. The Hall–Kier alpha value is -0.770. The van der Waals surface area contributed by atoms with Crippen molar-refractivity contribution in [3.8, 4) is 0 Å². The lowest BCUT2D eigenvalue weighted by Crippen LogP contribution is -2.28. The summed E-state index contributed by atoms with van der Waals surface area (Å²) >= 11 is 0. The summed E-state index contributed by atoms with van der Waals surface area (Å²) < 4.78 is 2.22. The van der Waals surface area contributed by atoms with Gasteiger partial charge in [0, 0.05) is 30.4 Å². The van der Waals surface area contributed by atoms with Gasteiger partial charge in [0.05, 0.1) is 0 Å². The number of pyridine rings is 1. The summed E-state index contributed by atoms with van der Waals surface area (Å²) in [5.74, 6) is 0. The summed E-state index contributed by atoms with van der Waals surface area (Å²) in [7, 11) is 2.11. The molecule has 0 bridgehead atoms. The molecular formula is C13H19Cl2N3. The van der Waals surface area contributed by atoms with Crippen LogP contribution in [0.5, 0.6) is 0 Å². The maximum atomic E-state index is 4.43. The fourth-order valence-corrected chi connectivity index (χ4v) is 2.62. The van der Waals surface area contributed by atoms with E-state index in [1.54, 1.807) is 0 Å². The molecule has 0 aromatic carbocycles. The average molecular weight is 288 g/mol. The van der Waals surface area contributed by atoms with Crippen molar-refractivity contribution in [3.05, 3.63) is 30.1 Å². The van der Waals surface area contributed by atoms with Gasteiger partial charge in [-0.3, -0.25) is 0 Å². The predicted molar refractivity (Wildman–Crippen MR) is 79.8 cm³/mol. The van der Waals surface area contributed by atoms with Crippen molar-refractivity contribution in [2.75, 3.05) is 6.54 Å². The molecule has 1 unspecified atom stereocenters. The molecule has 3 rings (SSSR count). The summed E-state index contributed by atoms with van der Waals surface area (Å²) in [6.45, 7) is 1.14. The Morgan fingerprint density at radius 1 is 1.33 bits per heavy atom. The second-order valence-electron chi connectivity index (χ2n) is 4.55. The van der Waals surface area contributed by atoms with E-state index in [-0.39, 0.29) is 24.8 Å². The largest absolute Gasteiger partial charge is 0.331 e. The van der Waals surface area contributed by atoms with Gasteiger partial charge in [0.2, 0.25) is 0 Å². The molecule has 2 aromatic heterocycles. The van der Waals surface area contributed by atoms with Crippen LogP contribution < -0.4 is 5.32 Å². The van der Waals surface area contributed by atoms with Gasteiger partial charge in [-0.05, 0) is 37.6 Å². The Balaban J connectivity index is 0.000000810. The van der Waals surface area contributed by atoms with E-state index in [0.29, 0.717) is 6.04 Å². The molecule has 5 heteroatoms. The molecule has 1 saturated heterocycles. The molecule has 0 saturated carbocycles. The van der Waals surface area contributed by atoms with Crippen molar-refractivity contribution in [2.24, 2.45) is 7.05 Å². The number of nitrogens with one attached hydrogen (secondary N) is 1. The van der Waals surface area contributed by atoms with E-state index in [1.807, 2.05) is 12.3 Å². The Morgan fingerprint density at radius 3 is 2.83 bits per heavy atom. The van der Waals surface area contributed by atoms with Gasteiger partial charge in [0.15, 0.2) is 0 Å². The average Bonchev–Trinajstić information content (AvgIpc) is 2.69. The Morgan fingerprint density at radius 2 is 2.17 bits per heavy atom. The Kier molecular flexibility index (Phi) is 5.45. The molecule has 100 valence electrons. The van der Waals surface area contributed by atoms with Crippen LogP contribution in [0, 0.1) is 0 Å². The van der Waals surface area contributed by atoms with Crippen LogP contribution in [0.25, 0.3) is 11.0 Å². The van der Waals surface area contributed by atoms with Gasteiger partial charge in [-0.2, -0.15) is 0 Å². The molecule has 1 fully saturated rings. The molecule has 1 aliphatic heterocycles. The third-order valence-corrected chi connectivity index (χ3v) is 3.49. The highest BCUT2D eigenvalue weighted by Crippen LogP contribution is 2.27. The van der Waals surface area contributed by atoms with Crippen LogP contribution in [0.15, 0.2) is 24.4 Å². The van der Waals surface area contributed by atoms with Gasteiger partial charge < -0.3 is 9.88 Å². The zero-order valence-corrected chi connectivity index (χ0v) is 12.1. The predicted octanol–water partition coefficient (Wildman–Crippen LogP) is 3.23. The van der Waals surface area contributed by atoms with Crippen molar-refractivity contribution in [3.63, 3.8) is 0 Å². The maximum Gasteiger partial charge on any atom is 0.139 e. The molecule has 3 nitrogen and oxygen atoms in total. The first-order valence-corrected chi connectivity index (χ1v) is 6.00. The van der Waals surface area contributed by atoms with Crippen LogP contribution in [0.4, 0.5) is 0 Å². The normalized spacial score (nSPS) is 19.1. The van der Waals surface area contributed by atoms with Crippen molar-refractivity contribution in [1.29, 1.82) is 0 Å². The van der Waals surface area contributed by atoms with Crippen molar-refractivity contribution in [2.45, 2.75) is 25.3 Å². The highest BCUT2D eigenvalue weighted by atomic mass is 35.5. The topological polar surface area (TPSA) is 29.9 Å². The molecule has 2 aromatic rings. The quantitative estimate of drug-likeness (QED) is 0.873. The van der Waals surface area contributed by atoms with Crippen LogP contribution in [0.2, 0.25) is 0 Å². The van der Waals surface area contributed by atoms with Gasteiger partial charge in [0.1, 0.15) is 5.65 Å². The first-order chi connectivity index (χ1) is 7.86. The number of aryl methyl sites for hydroxylation is 1.